The molecule has 0 amide bonds. The smallest absolute Gasteiger partial charge is 0.146 e. The summed E-state index contributed by atoms with van der Waals surface area (Å²) in [7, 11) is 1.87. The van der Waals surface area contributed by atoms with Crippen LogP contribution >= 0.6 is 15.9 Å². The maximum atomic E-state index is 13.3. The van der Waals surface area contributed by atoms with Crippen LogP contribution in [0.4, 0.5) is 4.39 Å². The summed E-state index contributed by atoms with van der Waals surface area (Å²) in [6, 6.07) is 6.55. The van der Waals surface area contributed by atoms with Crippen molar-refractivity contribution in [2.24, 2.45) is 0 Å². The Morgan fingerprint density at radius 2 is 2.22 bits per heavy atom. The van der Waals surface area contributed by atoms with Crippen molar-refractivity contribution in [2.45, 2.75) is 13.2 Å². The van der Waals surface area contributed by atoms with Crippen LogP contribution < -0.4 is 10.1 Å². The average molecular weight is 314 g/mol. The third-order valence-electron chi connectivity index (χ3n) is 2.36. The number of rotatable bonds is 5. The molecule has 3 nitrogen and oxygen atoms in total. The molecule has 5 heteroatoms. The standard InChI is InChI=1S/C13H13BrFNO2/c1-16-6-9-4-11(17-7-9)8-18-10-2-3-12(14)13(15)5-10/h2-5,7,16H,6,8H2,1H3. The Labute approximate surface area is 113 Å². The first-order chi connectivity index (χ1) is 8.69. The lowest BCUT2D eigenvalue weighted by Crippen LogP contribution is -2.03. The predicted octanol–water partition coefficient (Wildman–Crippen LogP) is 3.48. The lowest BCUT2D eigenvalue weighted by atomic mass is 10.3. The molecule has 0 radical (unpaired) electrons. The molecular weight excluding hydrogens is 301 g/mol. The molecule has 2 rings (SSSR count). The molecular formula is C13H13BrFNO2. The van der Waals surface area contributed by atoms with E-state index in [2.05, 4.69) is 21.2 Å². The van der Waals surface area contributed by atoms with Gasteiger partial charge in [0, 0.05) is 18.2 Å². The average Bonchev–Trinajstić information content (AvgIpc) is 2.79. The number of nitrogens with one attached hydrogen (secondary N) is 1. The first-order valence-corrected chi connectivity index (χ1v) is 6.27. The van der Waals surface area contributed by atoms with Crippen LogP contribution in [0.25, 0.3) is 0 Å². The second-order valence-corrected chi connectivity index (χ2v) is 4.67. The van der Waals surface area contributed by atoms with E-state index in [1.165, 1.54) is 6.07 Å². The Kier molecular flexibility index (Phi) is 4.38. The quantitative estimate of drug-likeness (QED) is 0.917. The van der Waals surface area contributed by atoms with Crippen molar-refractivity contribution < 1.29 is 13.5 Å². The first kappa shape index (κ1) is 13.1. The van der Waals surface area contributed by atoms with Crippen molar-refractivity contribution >= 4 is 15.9 Å². The number of hydrogen-bond donors (Lipinski definition) is 1. The minimum Gasteiger partial charge on any atom is -0.486 e. The third kappa shape index (κ3) is 3.34. The zero-order chi connectivity index (χ0) is 13.0. The van der Waals surface area contributed by atoms with Crippen LogP contribution in [-0.4, -0.2) is 7.05 Å². The predicted molar refractivity (Wildman–Crippen MR) is 69.9 cm³/mol. The van der Waals surface area contributed by atoms with E-state index in [1.54, 1.807) is 18.4 Å². The van der Waals surface area contributed by atoms with E-state index in [1.807, 2.05) is 13.1 Å². The summed E-state index contributed by atoms with van der Waals surface area (Å²) in [4.78, 5) is 0. The number of hydrogen-bond acceptors (Lipinski definition) is 3. The molecule has 1 N–H and O–H groups in total. The molecule has 1 aromatic carbocycles. The molecule has 0 saturated heterocycles. The van der Waals surface area contributed by atoms with Crippen molar-refractivity contribution in [3.63, 3.8) is 0 Å². The Balaban J connectivity index is 1.95. The van der Waals surface area contributed by atoms with Crippen molar-refractivity contribution in [3.8, 4) is 5.75 Å². The van der Waals surface area contributed by atoms with Gasteiger partial charge in [0.15, 0.2) is 0 Å². The molecule has 0 aliphatic rings. The van der Waals surface area contributed by atoms with Gasteiger partial charge in [-0.05, 0) is 41.2 Å². The van der Waals surface area contributed by atoms with Crippen LogP contribution in [0, 0.1) is 5.82 Å². The van der Waals surface area contributed by atoms with Gasteiger partial charge in [0.05, 0.1) is 10.7 Å². The summed E-state index contributed by atoms with van der Waals surface area (Å²) in [6.07, 6.45) is 1.68. The second-order valence-electron chi connectivity index (χ2n) is 3.82. The minimum atomic E-state index is -0.345. The third-order valence-corrected chi connectivity index (χ3v) is 3.00. The van der Waals surface area contributed by atoms with Gasteiger partial charge in [-0.2, -0.15) is 0 Å². The van der Waals surface area contributed by atoms with Crippen molar-refractivity contribution in [3.05, 3.63) is 52.1 Å². The molecule has 0 atom stereocenters. The van der Waals surface area contributed by atoms with E-state index >= 15 is 0 Å². The summed E-state index contributed by atoms with van der Waals surface area (Å²) in [5.41, 5.74) is 1.05. The summed E-state index contributed by atoms with van der Waals surface area (Å²) in [5, 5.41) is 3.03. The van der Waals surface area contributed by atoms with Gasteiger partial charge in [0.2, 0.25) is 0 Å². The maximum Gasteiger partial charge on any atom is 0.146 e. The van der Waals surface area contributed by atoms with Gasteiger partial charge in [-0.3, -0.25) is 0 Å². The molecule has 1 aromatic heterocycles. The fraction of sp³-hybridized carbons (Fsp3) is 0.231. The van der Waals surface area contributed by atoms with Gasteiger partial charge in [-0.25, -0.2) is 4.39 Å². The molecule has 96 valence electrons. The highest BCUT2D eigenvalue weighted by molar-refractivity contribution is 9.10. The highest BCUT2D eigenvalue weighted by Gasteiger charge is 2.04. The topological polar surface area (TPSA) is 34.4 Å². The minimum absolute atomic E-state index is 0.283. The second kappa shape index (κ2) is 6.02. The zero-order valence-corrected chi connectivity index (χ0v) is 11.5. The fourth-order valence-corrected chi connectivity index (χ4v) is 1.77. The van der Waals surface area contributed by atoms with Crippen LogP contribution in [0.15, 0.2) is 39.4 Å². The van der Waals surface area contributed by atoms with E-state index in [9.17, 15) is 4.39 Å². The largest absolute Gasteiger partial charge is 0.486 e. The van der Waals surface area contributed by atoms with Crippen LogP contribution in [0.3, 0.4) is 0 Å². The maximum absolute atomic E-state index is 13.3. The molecule has 0 aliphatic heterocycles. The molecule has 0 aliphatic carbocycles. The van der Waals surface area contributed by atoms with Gasteiger partial charge >= 0.3 is 0 Å². The van der Waals surface area contributed by atoms with Gasteiger partial charge in [-0.1, -0.05) is 0 Å². The summed E-state index contributed by atoms with van der Waals surface area (Å²) >= 11 is 3.09. The Morgan fingerprint density at radius 3 is 2.94 bits per heavy atom. The van der Waals surface area contributed by atoms with Gasteiger partial charge in [0.1, 0.15) is 23.9 Å². The normalized spacial score (nSPS) is 10.6. The highest BCUT2D eigenvalue weighted by Crippen LogP contribution is 2.22. The van der Waals surface area contributed by atoms with Crippen LogP contribution in [-0.2, 0) is 13.2 Å². The Bertz CT molecular complexity index is 527. The molecule has 2 aromatic rings. The van der Waals surface area contributed by atoms with Crippen LogP contribution in [0.5, 0.6) is 5.75 Å². The van der Waals surface area contributed by atoms with Gasteiger partial charge in [-0.15, -0.1) is 0 Å². The lowest BCUT2D eigenvalue weighted by molar-refractivity contribution is 0.269. The fourth-order valence-electron chi connectivity index (χ4n) is 1.52. The van der Waals surface area contributed by atoms with E-state index in [0.29, 0.717) is 16.0 Å². The van der Waals surface area contributed by atoms with E-state index in [0.717, 1.165) is 12.1 Å². The summed E-state index contributed by atoms with van der Waals surface area (Å²) in [6.45, 7) is 1.03. The molecule has 0 fully saturated rings. The molecule has 1 heterocycles. The summed E-state index contributed by atoms with van der Waals surface area (Å²) < 4.78 is 24.4. The van der Waals surface area contributed by atoms with Crippen LogP contribution in [0.1, 0.15) is 11.3 Å². The lowest BCUT2D eigenvalue weighted by Gasteiger charge is -2.04. The molecule has 0 saturated carbocycles. The number of benzene rings is 1. The molecule has 0 bridgehead atoms. The van der Waals surface area contributed by atoms with Crippen molar-refractivity contribution in [1.82, 2.24) is 5.32 Å². The zero-order valence-electron chi connectivity index (χ0n) is 9.87. The summed E-state index contributed by atoms with van der Waals surface area (Å²) in [5.74, 6) is 0.841. The number of halogens is 2. The van der Waals surface area contributed by atoms with Crippen molar-refractivity contribution in [2.75, 3.05) is 7.05 Å². The number of furan rings is 1. The first-order valence-electron chi connectivity index (χ1n) is 5.48. The SMILES string of the molecule is CNCc1coc(COc2ccc(Br)c(F)c2)c1. The van der Waals surface area contributed by atoms with E-state index < -0.39 is 0 Å². The molecule has 0 unspecified atom stereocenters. The van der Waals surface area contributed by atoms with Crippen LogP contribution in [0.2, 0.25) is 0 Å². The monoisotopic (exact) mass is 313 g/mol. The van der Waals surface area contributed by atoms with E-state index in [-0.39, 0.29) is 12.4 Å². The molecule has 18 heavy (non-hydrogen) atoms. The van der Waals surface area contributed by atoms with Gasteiger partial charge < -0.3 is 14.5 Å². The Morgan fingerprint density at radius 1 is 1.39 bits per heavy atom. The highest BCUT2D eigenvalue weighted by atomic mass is 79.9. The molecule has 0 spiro atoms. The van der Waals surface area contributed by atoms with Gasteiger partial charge in [0.25, 0.3) is 0 Å². The van der Waals surface area contributed by atoms with E-state index in [4.69, 9.17) is 9.15 Å². The van der Waals surface area contributed by atoms with Crippen molar-refractivity contribution in [1.29, 1.82) is 0 Å². The number of ether oxygens (including phenoxy) is 1. The Hall–Kier alpha value is -1.33.